The summed E-state index contributed by atoms with van der Waals surface area (Å²) in [6.07, 6.45) is -1.20. The number of hydrogen-bond acceptors (Lipinski definition) is 6. The topological polar surface area (TPSA) is 74.2 Å². The molecule has 0 aromatic rings. The lowest BCUT2D eigenvalue weighted by Gasteiger charge is -2.20. The van der Waals surface area contributed by atoms with Gasteiger partial charge in [0.1, 0.15) is 6.10 Å². The van der Waals surface area contributed by atoms with Crippen LogP contribution in [0.2, 0.25) is 0 Å². The highest BCUT2D eigenvalue weighted by Crippen LogP contribution is 2.32. The molecule has 1 N–H and O–H groups in total. The summed E-state index contributed by atoms with van der Waals surface area (Å²) in [4.78, 5) is 11.2. The van der Waals surface area contributed by atoms with Crippen molar-refractivity contribution in [2.24, 2.45) is 0 Å². The molecule has 0 amide bonds. The van der Waals surface area contributed by atoms with Crippen LogP contribution in [0.3, 0.4) is 0 Å². The average molecular weight is 230 g/mol. The van der Waals surface area contributed by atoms with Crippen LogP contribution in [-0.4, -0.2) is 42.8 Å². The van der Waals surface area contributed by atoms with E-state index in [9.17, 15) is 9.90 Å². The Morgan fingerprint density at radius 3 is 2.69 bits per heavy atom. The second kappa shape index (κ2) is 3.64. The smallest absolute Gasteiger partial charge is 0.378 e. The van der Waals surface area contributed by atoms with E-state index >= 15 is 0 Å². The van der Waals surface area contributed by atoms with Crippen LogP contribution in [0.15, 0.2) is 11.5 Å². The van der Waals surface area contributed by atoms with Crippen molar-refractivity contribution in [2.75, 3.05) is 13.7 Å². The fourth-order valence-electron chi connectivity index (χ4n) is 1.78. The number of methoxy groups -OCH3 is 1. The minimum absolute atomic E-state index is 0.0938. The molecule has 0 aromatic carbocycles. The second-order valence-electron chi connectivity index (χ2n) is 4.11. The van der Waals surface area contributed by atoms with Crippen molar-refractivity contribution in [1.82, 2.24) is 0 Å². The van der Waals surface area contributed by atoms with E-state index in [1.165, 1.54) is 7.11 Å². The van der Waals surface area contributed by atoms with E-state index in [0.717, 1.165) is 0 Å². The van der Waals surface area contributed by atoms with Gasteiger partial charge in [0.2, 0.25) is 5.76 Å². The Morgan fingerprint density at radius 2 is 2.19 bits per heavy atom. The van der Waals surface area contributed by atoms with Crippen molar-refractivity contribution in [3.05, 3.63) is 11.5 Å². The summed E-state index contributed by atoms with van der Waals surface area (Å²) < 4.78 is 20.8. The van der Waals surface area contributed by atoms with Crippen molar-refractivity contribution in [1.29, 1.82) is 0 Å². The van der Waals surface area contributed by atoms with Crippen molar-refractivity contribution in [3.63, 3.8) is 0 Å². The fraction of sp³-hybridized carbons (Fsp3) is 0.700. The van der Waals surface area contributed by atoms with Gasteiger partial charge in [-0.1, -0.05) is 0 Å². The Hall–Kier alpha value is -1.27. The average Bonchev–Trinajstić information content (AvgIpc) is 2.69. The molecular weight excluding hydrogens is 216 g/mol. The summed E-state index contributed by atoms with van der Waals surface area (Å²) in [7, 11) is 1.36. The van der Waals surface area contributed by atoms with E-state index in [-0.39, 0.29) is 12.4 Å². The van der Waals surface area contributed by atoms with Crippen LogP contribution in [0.25, 0.3) is 0 Å². The van der Waals surface area contributed by atoms with Gasteiger partial charge < -0.3 is 24.1 Å². The van der Waals surface area contributed by atoms with E-state index in [4.69, 9.17) is 18.9 Å². The lowest BCUT2D eigenvalue weighted by Crippen LogP contribution is -2.33. The molecule has 0 saturated carbocycles. The molecule has 0 aliphatic carbocycles. The molecule has 0 spiro atoms. The molecule has 90 valence electrons. The maximum atomic E-state index is 11.2. The molecule has 16 heavy (non-hydrogen) atoms. The molecule has 2 aliphatic heterocycles. The lowest BCUT2D eigenvalue weighted by atomic mass is 10.2. The molecule has 6 nitrogen and oxygen atoms in total. The van der Waals surface area contributed by atoms with Crippen LogP contribution in [0.4, 0.5) is 0 Å². The van der Waals surface area contributed by atoms with Crippen LogP contribution < -0.4 is 0 Å². The van der Waals surface area contributed by atoms with Gasteiger partial charge >= 0.3 is 5.97 Å². The summed E-state index contributed by atoms with van der Waals surface area (Å²) in [5, 5.41) is 9.40. The van der Waals surface area contributed by atoms with E-state index in [1.807, 2.05) is 0 Å². The Labute approximate surface area is 92.7 Å². The zero-order chi connectivity index (χ0) is 11.9. The van der Waals surface area contributed by atoms with Crippen LogP contribution in [0.1, 0.15) is 13.8 Å². The highest BCUT2D eigenvalue weighted by Gasteiger charge is 2.47. The number of hydrogen-bond donors (Lipinski definition) is 1. The molecule has 0 unspecified atom stereocenters. The monoisotopic (exact) mass is 230 g/mol. The van der Waals surface area contributed by atoms with E-state index in [0.29, 0.717) is 0 Å². The van der Waals surface area contributed by atoms with Gasteiger partial charge in [-0.05, 0) is 13.8 Å². The summed E-state index contributed by atoms with van der Waals surface area (Å²) in [5.74, 6) is -1.92. The maximum absolute atomic E-state index is 11.2. The molecule has 6 heteroatoms. The maximum Gasteiger partial charge on any atom is 0.378 e. The summed E-state index contributed by atoms with van der Waals surface area (Å²) in [6, 6.07) is 0. The number of ether oxygens (including phenoxy) is 4. The number of aliphatic hydroxyl groups is 1. The molecule has 0 aromatic heterocycles. The molecular formula is C10H14O6. The van der Waals surface area contributed by atoms with Gasteiger partial charge in [-0.25, -0.2) is 4.79 Å². The quantitative estimate of drug-likeness (QED) is 0.695. The minimum atomic E-state index is -0.796. The third kappa shape index (κ3) is 1.74. The van der Waals surface area contributed by atoms with Crippen molar-refractivity contribution in [3.8, 4) is 0 Å². The highest BCUT2D eigenvalue weighted by atomic mass is 16.8. The highest BCUT2D eigenvalue weighted by molar-refractivity contribution is 5.89. The number of cyclic esters (lactones) is 1. The lowest BCUT2D eigenvalue weighted by molar-refractivity contribution is -0.163. The van der Waals surface area contributed by atoms with E-state index in [2.05, 4.69) is 0 Å². The van der Waals surface area contributed by atoms with Gasteiger partial charge in [0.15, 0.2) is 17.7 Å². The molecule has 1 fully saturated rings. The zero-order valence-corrected chi connectivity index (χ0v) is 9.35. The van der Waals surface area contributed by atoms with Gasteiger partial charge in [-0.3, -0.25) is 0 Å². The summed E-state index contributed by atoms with van der Waals surface area (Å²) in [5.41, 5.74) is 0. The Bertz CT molecular complexity index is 345. The SMILES string of the molecule is COC1=C(O)C(=O)O[C@@H]1[C@@H]1COC(C)(C)O1. The first-order chi connectivity index (χ1) is 7.44. The Kier molecular flexibility index (Phi) is 2.55. The van der Waals surface area contributed by atoms with Gasteiger partial charge in [0.25, 0.3) is 0 Å². The Balaban J connectivity index is 2.15. The van der Waals surface area contributed by atoms with Crippen LogP contribution >= 0.6 is 0 Å². The largest absolute Gasteiger partial charge is 0.499 e. The molecule has 0 radical (unpaired) electrons. The summed E-state index contributed by atoms with van der Waals surface area (Å²) >= 11 is 0. The van der Waals surface area contributed by atoms with E-state index in [1.54, 1.807) is 13.8 Å². The third-order valence-corrected chi connectivity index (χ3v) is 2.51. The van der Waals surface area contributed by atoms with Gasteiger partial charge in [-0.2, -0.15) is 0 Å². The van der Waals surface area contributed by atoms with Crippen molar-refractivity contribution < 1.29 is 28.8 Å². The number of carbonyl (C=O) groups is 1. The van der Waals surface area contributed by atoms with Gasteiger partial charge in [-0.15, -0.1) is 0 Å². The van der Waals surface area contributed by atoms with Crippen molar-refractivity contribution in [2.45, 2.75) is 31.8 Å². The Morgan fingerprint density at radius 1 is 1.50 bits per heavy atom. The molecule has 2 heterocycles. The minimum Gasteiger partial charge on any atom is -0.499 e. The standard InChI is InChI=1S/C10H14O6/c1-10(2)14-4-5(16-10)7-8(13-3)6(11)9(12)15-7/h5,7,11H,4H2,1-3H3/t5-,7+/m0/s1. The second-order valence-corrected chi connectivity index (χ2v) is 4.11. The molecule has 2 aliphatic rings. The van der Waals surface area contributed by atoms with Gasteiger partial charge in [0.05, 0.1) is 13.7 Å². The fourth-order valence-corrected chi connectivity index (χ4v) is 1.78. The molecule has 0 bridgehead atoms. The molecule has 2 atom stereocenters. The predicted molar refractivity (Wildman–Crippen MR) is 51.4 cm³/mol. The van der Waals surface area contributed by atoms with Crippen LogP contribution in [-0.2, 0) is 23.7 Å². The van der Waals surface area contributed by atoms with Crippen LogP contribution in [0, 0.1) is 0 Å². The van der Waals surface area contributed by atoms with E-state index < -0.39 is 29.7 Å². The number of rotatable bonds is 2. The molecule has 2 rings (SSSR count). The first-order valence-electron chi connectivity index (χ1n) is 4.94. The van der Waals surface area contributed by atoms with Crippen LogP contribution in [0.5, 0.6) is 0 Å². The first kappa shape index (κ1) is 11.2. The van der Waals surface area contributed by atoms with Crippen molar-refractivity contribution >= 4 is 5.97 Å². The number of esters is 1. The summed E-state index contributed by atoms with van der Waals surface area (Å²) in [6.45, 7) is 3.81. The molecule has 1 saturated heterocycles. The number of aliphatic hydroxyl groups excluding tert-OH is 1. The number of carbonyl (C=O) groups excluding carboxylic acids is 1. The van der Waals surface area contributed by atoms with Gasteiger partial charge in [0, 0.05) is 0 Å². The normalized spacial score (nSPS) is 33.1. The predicted octanol–water partition coefficient (Wildman–Crippen LogP) is 0.479. The first-order valence-corrected chi connectivity index (χ1v) is 4.94. The zero-order valence-electron chi connectivity index (χ0n) is 9.35. The third-order valence-electron chi connectivity index (χ3n) is 2.51.